The molecule has 0 saturated heterocycles. The van der Waals surface area contributed by atoms with Crippen LogP contribution >= 0.6 is 11.6 Å². The normalized spacial score (nSPS) is 13.8. The third-order valence-electron chi connectivity index (χ3n) is 6.11. The highest BCUT2D eigenvalue weighted by Crippen LogP contribution is 2.44. The van der Waals surface area contributed by atoms with Crippen molar-refractivity contribution in [2.45, 2.75) is 31.3 Å². The highest BCUT2D eigenvalue weighted by atomic mass is 35.5. The lowest BCUT2D eigenvalue weighted by molar-refractivity contribution is -0.142. The molecule has 0 unspecified atom stereocenters. The number of amides is 2. The van der Waals surface area contributed by atoms with Gasteiger partial charge in [-0.3, -0.25) is 4.79 Å². The van der Waals surface area contributed by atoms with E-state index in [4.69, 9.17) is 16.3 Å². The summed E-state index contributed by atoms with van der Waals surface area (Å²) in [5.41, 5.74) is 4.64. The zero-order chi connectivity index (χ0) is 24.9. The van der Waals surface area contributed by atoms with Gasteiger partial charge in [-0.2, -0.15) is 0 Å². The Balaban J connectivity index is 1.40. The Morgan fingerprint density at radius 1 is 0.914 bits per heavy atom. The van der Waals surface area contributed by atoms with Gasteiger partial charge >= 0.3 is 12.1 Å². The van der Waals surface area contributed by atoms with Crippen molar-refractivity contribution in [3.63, 3.8) is 0 Å². The van der Waals surface area contributed by atoms with Gasteiger partial charge in [0.2, 0.25) is 5.91 Å². The fourth-order valence-corrected chi connectivity index (χ4v) is 4.60. The van der Waals surface area contributed by atoms with Gasteiger partial charge in [0, 0.05) is 16.5 Å². The molecule has 0 radical (unpaired) electrons. The van der Waals surface area contributed by atoms with Crippen LogP contribution in [0.25, 0.3) is 11.1 Å². The minimum atomic E-state index is -1.35. The molecule has 1 aliphatic carbocycles. The van der Waals surface area contributed by atoms with E-state index < -0.39 is 30.1 Å². The molecule has 35 heavy (non-hydrogen) atoms. The number of rotatable bonds is 8. The monoisotopic (exact) mass is 492 g/mol. The lowest BCUT2D eigenvalue weighted by atomic mass is 9.98. The van der Waals surface area contributed by atoms with Gasteiger partial charge in [0.05, 0.1) is 0 Å². The van der Waals surface area contributed by atoms with Crippen LogP contribution in [0.3, 0.4) is 0 Å². The second-order valence-electron chi connectivity index (χ2n) is 8.23. The largest absolute Gasteiger partial charge is 0.479 e. The van der Waals surface area contributed by atoms with Crippen LogP contribution in [0.15, 0.2) is 72.8 Å². The van der Waals surface area contributed by atoms with E-state index in [9.17, 15) is 19.5 Å². The van der Waals surface area contributed by atoms with Gasteiger partial charge in [-0.05, 0) is 34.7 Å². The molecular weight excluding hydrogens is 468 g/mol. The van der Waals surface area contributed by atoms with Crippen LogP contribution in [0.5, 0.6) is 0 Å². The van der Waals surface area contributed by atoms with Crippen molar-refractivity contribution < 1.29 is 24.2 Å². The molecule has 4 rings (SSSR count). The topological polar surface area (TPSA) is 105 Å². The zero-order valence-corrected chi connectivity index (χ0v) is 19.8. The van der Waals surface area contributed by atoms with Crippen LogP contribution < -0.4 is 10.6 Å². The molecule has 0 aromatic heterocycles. The molecule has 2 atom stereocenters. The number of fused-ring (bicyclic) bond motifs is 3. The maximum absolute atomic E-state index is 12.8. The molecule has 3 aromatic carbocycles. The van der Waals surface area contributed by atoms with E-state index in [1.165, 1.54) is 6.07 Å². The molecule has 1 aliphatic rings. The van der Waals surface area contributed by atoms with Crippen LogP contribution in [0.4, 0.5) is 4.79 Å². The first kappa shape index (κ1) is 24.3. The first-order valence-electron chi connectivity index (χ1n) is 11.3. The average molecular weight is 493 g/mol. The Kier molecular flexibility index (Phi) is 7.36. The predicted molar refractivity (Wildman–Crippen MR) is 132 cm³/mol. The number of benzene rings is 3. The van der Waals surface area contributed by atoms with Gasteiger partial charge in [-0.25, -0.2) is 9.59 Å². The number of carboxylic acid groups (broad SMARTS) is 1. The molecule has 0 spiro atoms. The SMILES string of the molecule is CC[C@@H](NC(=O)OCC1c2ccccc2-c2ccccc21)C(=O)N[C@@H](C(=O)O)c1ccccc1Cl. The molecule has 3 N–H and O–H groups in total. The van der Waals surface area contributed by atoms with Gasteiger partial charge < -0.3 is 20.5 Å². The number of hydrogen-bond donors (Lipinski definition) is 3. The van der Waals surface area contributed by atoms with Crippen LogP contribution in [-0.2, 0) is 14.3 Å². The van der Waals surface area contributed by atoms with Crippen molar-refractivity contribution in [1.82, 2.24) is 10.6 Å². The summed E-state index contributed by atoms with van der Waals surface area (Å²) in [6.07, 6.45) is -0.510. The molecule has 2 amide bonds. The van der Waals surface area contributed by atoms with Gasteiger partial charge in [-0.15, -0.1) is 0 Å². The standard InChI is InChI=1S/C27H25ClN2O5/c1-2-23(25(31)30-24(26(32)33)20-13-7-8-14-22(20)28)29-27(34)35-15-21-18-11-5-3-9-16(18)17-10-4-6-12-19(17)21/h3-14,21,23-24H,2,15H2,1H3,(H,29,34)(H,30,31)(H,32,33)/t23-,24-/m1/s1. The number of carboxylic acids is 1. The van der Waals surface area contributed by atoms with Gasteiger partial charge in [0.1, 0.15) is 12.6 Å². The van der Waals surface area contributed by atoms with E-state index in [0.717, 1.165) is 22.3 Å². The molecular formula is C27H25ClN2O5. The number of halogens is 1. The van der Waals surface area contributed by atoms with E-state index in [1.54, 1.807) is 25.1 Å². The second-order valence-corrected chi connectivity index (χ2v) is 8.64. The molecule has 0 bridgehead atoms. The lowest BCUT2D eigenvalue weighted by Gasteiger charge is -2.21. The van der Waals surface area contributed by atoms with Crippen LogP contribution in [-0.4, -0.2) is 35.7 Å². The number of carbonyl (C=O) groups is 3. The smallest absolute Gasteiger partial charge is 0.407 e. The summed E-state index contributed by atoms with van der Waals surface area (Å²) < 4.78 is 5.51. The Hall–Kier alpha value is -3.84. The first-order valence-corrected chi connectivity index (χ1v) is 11.7. The summed E-state index contributed by atoms with van der Waals surface area (Å²) in [6.45, 7) is 1.81. The lowest BCUT2D eigenvalue weighted by Crippen LogP contribution is -2.48. The molecule has 180 valence electrons. The highest BCUT2D eigenvalue weighted by Gasteiger charge is 2.31. The zero-order valence-electron chi connectivity index (χ0n) is 19.0. The van der Waals surface area contributed by atoms with Gasteiger partial charge in [0.15, 0.2) is 6.04 Å². The maximum atomic E-state index is 12.8. The molecule has 0 saturated carbocycles. The maximum Gasteiger partial charge on any atom is 0.407 e. The summed E-state index contributed by atoms with van der Waals surface area (Å²) in [5, 5.41) is 14.8. The molecule has 0 heterocycles. The number of nitrogens with one attached hydrogen (secondary N) is 2. The van der Waals surface area contributed by atoms with E-state index in [1.807, 2.05) is 48.5 Å². The molecule has 3 aromatic rings. The number of aliphatic carboxylic acids is 1. The number of carbonyl (C=O) groups excluding carboxylic acids is 2. The Bertz CT molecular complexity index is 1220. The highest BCUT2D eigenvalue weighted by molar-refractivity contribution is 6.31. The number of alkyl carbamates (subject to hydrolysis) is 1. The van der Waals surface area contributed by atoms with Crippen LogP contribution in [0.1, 0.15) is 42.0 Å². The fraction of sp³-hybridized carbons (Fsp3) is 0.222. The van der Waals surface area contributed by atoms with Crippen molar-refractivity contribution in [2.24, 2.45) is 0 Å². The molecule has 8 heteroatoms. The molecule has 0 fully saturated rings. The molecule has 7 nitrogen and oxygen atoms in total. The van der Waals surface area contributed by atoms with Crippen molar-refractivity contribution in [3.8, 4) is 11.1 Å². The third kappa shape index (κ3) is 5.15. The minimum Gasteiger partial charge on any atom is -0.479 e. The Morgan fingerprint density at radius 3 is 2.06 bits per heavy atom. The number of ether oxygens (including phenoxy) is 1. The predicted octanol–water partition coefficient (Wildman–Crippen LogP) is 4.90. The second kappa shape index (κ2) is 10.6. The van der Waals surface area contributed by atoms with Crippen molar-refractivity contribution in [2.75, 3.05) is 6.61 Å². The third-order valence-corrected chi connectivity index (χ3v) is 6.45. The fourth-order valence-electron chi connectivity index (χ4n) is 4.36. The van der Waals surface area contributed by atoms with Gasteiger partial charge in [0.25, 0.3) is 0 Å². The molecule has 0 aliphatic heterocycles. The van der Waals surface area contributed by atoms with E-state index >= 15 is 0 Å². The van der Waals surface area contributed by atoms with E-state index in [2.05, 4.69) is 10.6 Å². The Morgan fingerprint density at radius 2 is 1.49 bits per heavy atom. The van der Waals surface area contributed by atoms with Gasteiger partial charge in [-0.1, -0.05) is 85.3 Å². The summed E-state index contributed by atoms with van der Waals surface area (Å²) in [4.78, 5) is 37.2. The summed E-state index contributed by atoms with van der Waals surface area (Å²) in [6, 6.07) is 20.0. The summed E-state index contributed by atoms with van der Waals surface area (Å²) in [5.74, 6) is -2.02. The summed E-state index contributed by atoms with van der Waals surface area (Å²) >= 11 is 6.12. The van der Waals surface area contributed by atoms with Crippen LogP contribution in [0.2, 0.25) is 5.02 Å². The Labute approximate surface area is 208 Å². The summed E-state index contributed by atoms with van der Waals surface area (Å²) in [7, 11) is 0. The van der Waals surface area contributed by atoms with Crippen LogP contribution in [0, 0.1) is 0 Å². The quantitative estimate of drug-likeness (QED) is 0.415. The van der Waals surface area contributed by atoms with Crippen molar-refractivity contribution in [1.29, 1.82) is 0 Å². The van der Waals surface area contributed by atoms with E-state index in [-0.39, 0.29) is 29.5 Å². The minimum absolute atomic E-state index is 0.106. The average Bonchev–Trinajstić information content (AvgIpc) is 3.18. The van der Waals surface area contributed by atoms with Crippen molar-refractivity contribution >= 4 is 29.6 Å². The first-order chi connectivity index (χ1) is 16.9. The van der Waals surface area contributed by atoms with Crippen molar-refractivity contribution in [3.05, 3.63) is 94.5 Å². The number of hydrogen-bond acceptors (Lipinski definition) is 4. The van der Waals surface area contributed by atoms with E-state index in [0.29, 0.717) is 0 Å².